The third-order valence-corrected chi connectivity index (χ3v) is 5.23. The first kappa shape index (κ1) is 24.6. The van der Waals surface area contributed by atoms with Crippen LogP contribution in [0, 0.1) is 15.5 Å². The van der Waals surface area contributed by atoms with E-state index in [9.17, 15) is 19.7 Å². The number of unbranched alkanes of at least 4 members (excludes halogenated alkanes) is 6. The number of carbonyl (C=O) groups is 2. The highest BCUT2D eigenvalue weighted by atomic mass is 16.6. The number of benzene rings is 1. The van der Waals surface area contributed by atoms with E-state index in [0.717, 1.165) is 19.3 Å². The Kier molecular flexibility index (Phi) is 10.9. The summed E-state index contributed by atoms with van der Waals surface area (Å²) in [4.78, 5) is 35.6. The van der Waals surface area contributed by atoms with Gasteiger partial charge in [0.15, 0.2) is 5.41 Å². The Morgan fingerprint density at radius 1 is 0.897 bits per heavy atom. The molecule has 0 saturated heterocycles. The molecular weight excluding hydrogens is 374 g/mol. The van der Waals surface area contributed by atoms with E-state index < -0.39 is 22.3 Å². The summed E-state index contributed by atoms with van der Waals surface area (Å²) in [6.07, 6.45) is 8.29. The number of esters is 2. The summed E-state index contributed by atoms with van der Waals surface area (Å²) < 4.78 is 10.7. The van der Waals surface area contributed by atoms with Gasteiger partial charge in [-0.1, -0.05) is 59.3 Å². The summed E-state index contributed by atoms with van der Waals surface area (Å²) in [6.45, 7) is 5.96. The predicted molar refractivity (Wildman–Crippen MR) is 111 cm³/mol. The zero-order valence-corrected chi connectivity index (χ0v) is 17.8. The Morgan fingerprint density at radius 2 is 1.45 bits per heavy atom. The predicted octanol–water partition coefficient (Wildman–Crippen LogP) is 5.60. The van der Waals surface area contributed by atoms with Gasteiger partial charge in [0.2, 0.25) is 0 Å². The Morgan fingerprint density at radius 3 is 1.97 bits per heavy atom. The molecule has 0 aliphatic rings. The summed E-state index contributed by atoms with van der Waals surface area (Å²) in [5.41, 5.74) is -1.47. The lowest BCUT2D eigenvalue weighted by Gasteiger charge is -2.26. The quantitative estimate of drug-likeness (QED) is 0.0994. The lowest BCUT2D eigenvalue weighted by Crippen LogP contribution is -2.42. The highest BCUT2D eigenvalue weighted by molar-refractivity contribution is 6.00. The highest BCUT2D eigenvalue weighted by Gasteiger charge is 2.46. The molecule has 0 heterocycles. The molecule has 7 heteroatoms. The molecule has 0 aliphatic heterocycles. The maximum Gasteiger partial charge on any atom is 0.328 e. The van der Waals surface area contributed by atoms with Crippen molar-refractivity contribution in [3.8, 4) is 5.75 Å². The Bertz CT molecular complexity index is 652. The Hall–Kier alpha value is -2.44. The molecule has 0 amide bonds. The van der Waals surface area contributed by atoms with Gasteiger partial charge >= 0.3 is 11.9 Å². The van der Waals surface area contributed by atoms with Crippen LogP contribution in [-0.2, 0) is 14.3 Å². The van der Waals surface area contributed by atoms with Crippen LogP contribution in [0.4, 0.5) is 5.69 Å². The molecule has 1 aromatic carbocycles. The molecular formula is C22H33NO6. The molecule has 0 unspecified atom stereocenters. The summed E-state index contributed by atoms with van der Waals surface area (Å²) >= 11 is 0. The first-order chi connectivity index (χ1) is 13.9. The van der Waals surface area contributed by atoms with Crippen LogP contribution in [0.3, 0.4) is 0 Å². The van der Waals surface area contributed by atoms with Crippen molar-refractivity contribution in [1.82, 2.24) is 0 Å². The number of nitro groups is 1. The van der Waals surface area contributed by atoms with Crippen LogP contribution in [0.5, 0.6) is 5.75 Å². The third-order valence-electron chi connectivity index (χ3n) is 5.23. The number of nitro benzene ring substituents is 1. The van der Waals surface area contributed by atoms with Gasteiger partial charge in [0.25, 0.3) is 5.69 Å². The van der Waals surface area contributed by atoms with Gasteiger partial charge in [-0.2, -0.15) is 0 Å². The van der Waals surface area contributed by atoms with Crippen LogP contribution in [-0.4, -0.2) is 23.5 Å². The van der Waals surface area contributed by atoms with E-state index in [1.165, 1.54) is 49.9 Å². The monoisotopic (exact) mass is 407 g/mol. The number of rotatable bonds is 14. The standard InChI is InChI=1S/C22H33NO6/c1-4-7-8-9-10-11-12-17-28-20(24)22(5-2,6-3)21(25)29-19-15-13-18(14-16-19)23(26)27/h13-16H,4-12,17H2,1-3H3. The topological polar surface area (TPSA) is 95.7 Å². The third kappa shape index (κ3) is 7.48. The first-order valence-electron chi connectivity index (χ1n) is 10.5. The normalized spacial score (nSPS) is 11.1. The van der Waals surface area contributed by atoms with Crippen molar-refractivity contribution in [1.29, 1.82) is 0 Å². The van der Waals surface area contributed by atoms with Crippen LogP contribution in [0.1, 0.15) is 78.6 Å². The minimum atomic E-state index is -1.37. The Labute approximate surface area is 172 Å². The lowest BCUT2D eigenvalue weighted by molar-refractivity contribution is -0.384. The van der Waals surface area contributed by atoms with Crippen LogP contribution >= 0.6 is 0 Å². The van der Waals surface area contributed by atoms with Gasteiger partial charge in [-0.05, 0) is 31.4 Å². The van der Waals surface area contributed by atoms with E-state index in [1.807, 2.05) is 0 Å². The van der Waals surface area contributed by atoms with Crippen LogP contribution in [0.15, 0.2) is 24.3 Å². The van der Waals surface area contributed by atoms with Crippen molar-refractivity contribution in [2.45, 2.75) is 78.6 Å². The van der Waals surface area contributed by atoms with Crippen molar-refractivity contribution in [3.05, 3.63) is 34.4 Å². The second kappa shape index (κ2) is 12.9. The van der Waals surface area contributed by atoms with Crippen molar-refractivity contribution >= 4 is 17.6 Å². The van der Waals surface area contributed by atoms with Gasteiger partial charge in [-0.15, -0.1) is 0 Å². The van der Waals surface area contributed by atoms with Gasteiger partial charge in [0.1, 0.15) is 5.75 Å². The largest absolute Gasteiger partial charge is 0.465 e. The number of carbonyl (C=O) groups excluding carboxylic acids is 2. The molecule has 1 rings (SSSR count). The van der Waals surface area contributed by atoms with Gasteiger partial charge < -0.3 is 9.47 Å². The maximum atomic E-state index is 12.7. The lowest BCUT2D eigenvalue weighted by atomic mass is 9.82. The van der Waals surface area contributed by atoms with E-state index >= 15 is 0 Å². The van der Waals surface area contributed by atoms with E-state index in [0.29, 0.717) is 6.61 Å². The average Bonchev–Trinajstić information content (AvgIpc) is 2.71. The maximum absolute atomic E-state index is 12.7. The highest BCUT2D eigenvalue weighted by Crippen LogP contribution is 2.31. The molecule has 0 spiro atoms. The van der Waals surface area contributed by atoms with E-state index in [2.05, 4.69) is 6.92 Å². The molecule has 29 heavy (non-hydrogen) atoms. The molecule has 1 aromatic rings. The zero-order chi connectivity index (χ0) is 21.7. The fraction of sp³-hybridized carbons (Fsp3) is 0.636. The van der Waals surface area contributed by atoms with Gasteiger partial charge in [-0.25, -0.2) is 0 Å². The minimum absolute atomic E-state index is 0.101. The number of nitrogens with zero attached hydrogens (tertiary/aromatic N) is 1. The SMILES string of the molecule is CCCCCCCCCOC(=O)C(CC)(CC)C(=O)Oc1ccc([N+](=O)[O-])cc1. The molecule has 0 radical (unpaired) electrons. The fourth-order valence-electron chi connectivity index (χ4n) is 3.11. The van der Waals surface area contributed by atoms with Gasteiger partial charge in [-0.3, -0.25) is 19.7 Å². The summed E-state index contributed by atoms with van der Waals surface area (Å²) in [5.74, 6) is -1.10. The average molecular weight is 408 g/mol. The van der Waals surface area contributed by atoms with E-state index in [1.54, 1.807) is 13.8 Å². The molecule has 0 fully saturated rings. The van der Waals surface area contributed by atoms with Crippen molar-refractivity contribution < 1.29 is 24.0 Å². The molecule has 0 aliphatic carbocycles. The first-order valence-corrected chi connectivity index (χ1v) is 10.5. The minimum Gasteiger partial charge on any atom is -0.465 e. The number of hydrogen-bond donors (Lipinski definition) is 0. The fourth-order valence-corrected chi connectivity index (χ4v) is 3.11. The zero-order valence-electron chi connectivity index (χ0n) is 17.8. The van der Waals surface area contributed by atoms with Gasteiger partial charge in [0, 0.05) is 12.1 Å². The van der Waals surface area contributed by atoms with Crippen LogP contribution in [0.2, 0.25) is 0 Å². The summed E-state index contributed by atoms with van der Waals surface area (Å²) in [6, 6.07) is 5.19. The Balaban J connectivity index is 2.59. The molecule has 0 saturated carbocycles. The second-order valence-electron chi connectivity index (χ2n) is 7.19. The second-order valence-corrected chi connectivity index (χ2v) is 7.19. The van der Waals surface area contributed by atoms with E-state index in [4.69, 9.17) is 9.47 Å². The number of ether oxygens (including phenoxy) is 2. The summed E-state index contributed by atoms with van der Waals surface area (Å²) in [5, 5.41) is 10.7. The van der Waals surface area contributed by atoms with Crippen molar-refractivity contribution in [3.63, 3.8) is 0 Å². The molecule has 0 N–H and O–H groups in total. The van der Waals surface area contributed by atoms with Crippen molar-refractivity contribution in [2.75, 3.05) is 6.61 Å². The molecule has 0 atom stereocenters. The van der Waals surface area contributed by atoms with E-state index in [-0.39, 0.29) is 24.3 Å². The van der Waals surface area contributed by atoms with Crippen LogP contribution < -0.4 is 4.74 Å². The molecule has 0 aromatic heterocycles. The summed E-state index contributed by atoms with van der Waals surface area (Å²) in [7, 11) is 0. The molecule has 0 bridgehead atoms. The number of non-ortho nitro benzene ring substituents is 1. The molecule has 7 nitrogen and oxygen atoms in total. The number of hydrogen-bond acceptors (Lipinski definition) is 6. The molecule has 162 valence electrons. The van der Waals surface area contributed by atoms with Crippen LogP contribution in [0.25, 0.3) is 0 Å². The van der Waals surface area contributed by atoms with Crippen molar-refractivity contribution in [2.24, 2.45) is 5.41 Å². The smallest absolute Gasteiger partial charge is 0.328 e. The van der Waals surface area contributed by atoms with Gasteiger partial charge in [0.05, 0.1) is 11.5 Å².